The van der Waals surface area contributed by atoms with E-state index in [1.165, 1.54) is 12.1 Å². The molecule has 1 aliphatic heterocycles. The molecular formula is C14H17FN2O3. The molecule has 1 fully saturated rings. The fourth-order valence-corrected chi connectivity index (χ4v) is 2.42. The van der Waals surface area contributed by atoms with Crippen molar-refractivity contribution in [1.29, 1.82) is 0 Å². The second-order valence-electron chi connectivity index (χ2n) is 4.99. The molecule has 0 aromatic heterocycles. The minimum absolute atomic E-state index is 0.00407. The first-order valence-electron chi connectivity index (χ1n) is 6.79. The summed E-state index contributed by atoms with van der Waals surface area (Å²) in [5.41, 5.74) is -0.338. The van der Waals surface area contributed by atoms with Crippen molar-refractivity contribution in [2.24, 2.45) is 0 Å². The van der Waals surface area contributed by atoms with E-state index in [-0.39, 0.29) is 18.0 Å². The van der Waals surface area contributed by atoms with Crippen LogP contribution in [-0.4, -0.2) is 22.3 Å². The van der Waals surface area contributed by atoms with E-state index in [1.54, 1.807) is 4.90 Å². The number of carbonyl (C=O) groups is 1. The van der Waals surface area contributed by atoms with Gasteiger partial charge in [-0.05, 0) is 12.8 Å². The number of rotatable bonds is 3. The molecule has 1 heterocycles. The Hall–Kier alpha value is -1.98. The summed E-state index contributed by atoms with van der Waals surface area (Å²) in [4.78, 5) is 23.5. The van der Waals surface area contributed by atoms with E-state index in [1.807, 2.05) is 0 Å². The number of carbonyl (C=O) groups excluding carboxylic acids is 1. The predicted molar refractivity (Wildman–Crippen MR) is 71.6 cm³/mol. The van der Waals surface area contributed by atoms with Gasteiger partial charge in [0.15, 0.2) is 0 Å². The molecule has 0 unspecified atom stereocenters. The molecule has 1 saturated heterocycles. The van der Waals surface area contributed by atoms with Crippen LogP contribution in [0.5, 0.6) is 0 Å². The van der Waals surface area contributed by atoms with E-state index in [4.69, 9.17) is 0 Å². The number of nitro benzene ring substituents is 1. The van der Waals surface area contributed by atoms with Crippen molar-refractivity contribution < 1.29 is 14.1 Å². The Morgan fingerprint density at radius 2 is 2.00 bits per heavy atom. The third-order valence-corrected chi connectivity index (χ3v) is 3.54. The predicted octanol–water partition coefficient (Wildman–Crippen LogP) is 3.03. The minimum Gasteiger partial charge on any atom is -0.338 e. The third-order valence-electron chi connectivity index (χ3n) is 3.54. The van der Waals surface area contributed by atoms with Crippen LogP contribution in [0.1, 0.15) is 37.7 Å². The van der Waals surface area contributed by atoms with Crippen LogP contribution in [-0.2, 0) is 11.3 Å². The smallest absolute Gasteiger partial charge is 0.305 e. The first-order valence-corrected chi connectivity index (χ1v) is 6.79. The highest BCUT2D eigenvalue weighted by Gasteiger charge is 2.21. The summed E-state index contributed by atoms with van der Waals surface area (Å²) in [5, 5.41) is 10.7. The van der Waals surface area contributed by atoms with Crippen LogP contribution in [0.2, 0.25) is 0 Å². The quantitative estimate of drug-likeness (QED) is 0.631. The fourth-order valence-electron chi connectivity index (χ4n) is 2.42. The molecule has 0 radical (unpaired) electrons. The lowest BCUT2D eigenvalue weighted by Gasteiger charge is -2.25. The lowest BCUT2D eigenvalue weighted by molar-refractivity contribution is -0.387. The second-order valence-corrected chi connectivity index (χ2v) is 4.99. The van der Waals surface area contributed by atoms with Gasteiger partial charge in [-0.1, -0.05) is 25.0 Å². The Morgan fingerprint density at radius 1 is 1.25 bits per heavy atom. The van der Waals surface area contributed by atoms with Crippen molar-refractivity contribution in [1.82, 2.24) is 4.90 Å². The van der Waals surface area contributed by atoms with Gasteiger partial charge in [-0.15, -0.1) is 0 Å². The van der Waals surface area contributed by atoms with Gasteiger partial charge in [0.1, 0.15) is 0 Å². The molecule has 20 heavy (non-hydrogen) atoms. The minimum atomic E-state index is -0.840. The summed E-state index contributed by atoms with van der Waals surface area (Å²) >= 11 is 0. The van der Waals surface area contributed by atoms with Crippen molar-refractivity contribution in [3.8, 4) is 0 Å². The summed E-state index contributed by atoms with van der Waals surface area (Å²) in [6, 6.07) is 4.08. The second kappa shape index (κ2) is 6.45. The summed E-state index contributed by atoms with van der Waals surface area (Å²) in [6.07, 6.45) is 4.32. The SMILES string of the molecule is O=C1CCCCCCN1Cc1cccc([N+](=O)[O-])c1F. The Balaban J connectivity index is 2.17. The van der Waals surface area contributed by atoms with Crippen LogP contribution in [0, 0.1) is 15.9 Å². The Bertz CT molecular complexity index is 519. The van der Waals surface area contributed by atoms with E-state index in [0.29, 0.717) is 13.0 Å². The summed E-state index contributed by atoms with van der Waals surface area (Å²) in [6.45, 7) is 0.688. The number of halogens is 1. The zero-order chi connectivity index (χ0) is 14.5. The number of hydrogen-bond acceptors (Lipinski definition) is 3. The first kappa shape index (κ1) is 14.4. The number of nitrogens with zero attached hydrogens (tertiary/aromatic N) is 2. The van der Waals surface area contributed by atoms with Crippen molar-refractivity contribution in [2.75, 3.05) is 6.54 Å². The van der Waals surface area contributed by atoms with E-state index < -0.39 is 16.4 Å². The molecule has 108 valence electrons. The summed E-state index contributed by atoms with van der Waals surface area (Å²) in [5.74, 6) is -0.844. The monoisotopic (exact) mass is 280 g/mol. The average molecular weight is 280 g/mol. The number of hydrogen-bond donors (Lipinski definition) is 0. The van der Waals surface area contributed by atoms with E-state index in [2.05, 4.69) is 0 Å². The zero-order valence-corrected chi connectivity index (χ0v) is 11.2. The average Bonchev–Trinajstić information content (AvgIpc) is 2.40. The number of benzene rings is 1. The molecule has 0 spiro atoms. The molecule has 0 bridgehead atoms. The first-order chi connectivity index (χ1) is 9.59. The van der Waals surface area contributed by atoms with Gasteiger partial charge in [-0.2, -0.15) is 4.39 Å². The Labute approximate surface area is 116 Å². The molecule has 0 saturated carbocycles. The topological polar surface area (TPSA) is 63.5 Å². The summed E-state index contributed by atoms with van der Waals surface area (Å²) in [7, 11) is 0. The summed E-state index contributed by atoms with van der Waals surface area (Å²) < 4.78 is 14.0. The molecule has 1 aromatic carbocycles. The number of nitro groups is 1. The van der Waals surface area contributed by atoms with E-state index in [9.17, 15) is 19.3 Å². The normalized spacial score (nSPS) is 16.6. The lowest BCUT2D eigenvalue weighted by Crippen LogP contribution is -2.32. The molecular weight excluding hydrogens is 263 g/mol. The largest absolute Gasteiger partial charge is 0.338 e. The van der Waals surface area contributed by atoms with Gasteiger partial charge in [0.2, 0.25) is 11.7 Å². The molecule has 1 amide bonds. The molecule has 0 N–H and O–H groups in total. The maximum absolute atomic E-state index is 14.0. The van der Waals surface area contributed by atoms with Crippen molar-refractivity contribution in [3.05, 3.63) is 39.7 Å². The number of amides is 1. The molecule has 1 aromatic rings. The van der Waals surface area contributed by atoms with Crippen LogP contribution in [0.3, 0.4) is 0 Å². The Morgan fingerprint density at radius 3 is 2.75 bits per heavy atom. The van der Waals surface area contributed by atoms with Gasteiger partial charge in [0.25, 0.3) is 0 Å². The molecule has 6 heteroatoms. The van der Waals surface area contributed by atoms with E-state index in [0.717, 1.165) is 31.7 Å². The highest BCUT2D eigenvalue weighted by molar-refractivity contribution is 5.76. The van der Waals surface area contributed by atoms with Crippen molar-refractivity contribution >= 4 is 11.6 Å². The van der Waals surface area contributed by atoms with Gasteiger partial charge < -0.3 is 4.90 Å². The zero-order valence-electron chi connectivity index (χ0n) is 11.2. The molecule has 2 rings (SSSR count). The maximum atomic E-state index is 14.0. The van der Waals surface area contributed by atoms with Gasteiger partial charge in [-0.25, -0.2) is 0 Å². The van der Waals surface area contributed by atoms with Crippen LogP contribution in [0.4, 0.5) is 10.1 Å². The van der Waals surface area contributed by atoms with Gasteiger partial charge in [0.05, 0.1) is 4.92 Å². The maximum Gasteiger partial charge on any atom is 0.305 e. The van der Waals surface area contributed by atoms with Crippen LogP contribution < -0.4 is 0 Å². The molecule has 0 aliphatic carbocycles. The van der Waals surface area contributed by atoms with Crippen molar-refractivity contribution in [3.63, 3.8) is 0 Å². The standard InChI is InChI=1S/C14H17FN2O3/c15-14-11(6-5-7-12(14)17(19)20)10-16-9-4-2-1-3-8-13(16)18/h5-7H,1-4,8-10H2. The van der Waals surface area contributed by atoms with Gasteiger partial charge in [-0.3, -0.25) is 14.9 Å². The number of likely N-dealkylation sites (tertiary alicyclic amines) is 1. The van der Waals surface area contributed by atoms with Gasteiger partial charge >= 0.3 is 5.69 Å². The molecule has 1 aliphatic rings. The highest BCUT2D eigenvalue weighted by Crippen LogP contribution is 2.22. The third kappa shape index (κ3) is 3.31. The molecule has 0 atom stereocenters. The molecule has 5 nitrogen and oxygen atoms in total. The van der Waals surface area contributed by atoms with Crippen LogP contribution in [0.15, 0.2) is 18.2 Å². The fraction of sp³-hybridized carbons (Fsp3) is 0.500. The van der Waals surface area contributed by atoms with Crippen LogP contribution in [0.25, 0.3) is 0 Å². The van der Waals surface area contributed by atoms with Gasteiger partial charge in [0, 0.05) is 31.1 Å². The van der Waals surface area contributed by atoms with Crippen molar-refractivity contribution in [2.45, 2.75) is 38.6 Å². The van der Waals surface area contributed by atoms with Crippen LogP contribution >= 0.6 is 0 Å². The van der Waals surface area contributed by atoms with E-state index >= 15 is 0 Å². The Kier molecular flexibility index (Phi) is 4.65. The lowest BCUT2D eigenvalue weighted by atomic mass is 10.1. The highest BCUT2D eigenvalue weighted by atomic mass is 19.1.